The molecule has 5 N–H and O–H groups in total. The summed E-state index contributed by atoms with van der Waals surface area (Å²) in [5.74, 6) is -1.11. The van der Waals surface area contributed by atoms with Gasteiger partial charge in [0.15, 0.2) is 0 Å². The van der Waals surface area contributed by atoms with Crippen molar-refractivity contribution in [1.29, 1.82) is 0 Å². The Hall–Kier alpha value is -0.400. The van der Waals surface area contributed by atoms with Crippen LogP contribution >= 0.6 is 7.82 Å². The third-order valence-electron chi connectivity index (χ3n) is 1.92. The summed E-state index contributed by atoms with van der Waals surface area (Å²) in [7, 11) is -4.56. The molecule has 1 atom stereocenters. The summed E-state index contributed by atoms with van der Waals surface area (Å²) in [6.07, 6.45) is 0.130. The number of hydrogen-bond donors (Lipinski definition) is 4. The Morgan fingerprint density at radius 1 is 1.39 bits per heavy atom. The van der Waals surface area contributed by atoms with Crippen molar-refractivity contribution in [2.45, 2.75) is 12.5 Å². The van der Waals surface area contributed by atoms with E-state index in [1.165, 1.54) is 24.3 Å². The van der Waals surface area contributed by atoms with Gasteiger partial charge in [0.05, 0.1) is 0 Å². The fourth-order valence-corrected chi connectivity index (χ4v) is 1.56. The van der Waals surface area contributed by atoms with Crippen LogP contribution in [0.25, 0.3) is 0 Å². The zero-order chi connectivity index (χ0) is 13.1. The first-order chi connectivity index (χ1) is 7.78. The van der Waals surface area contributed by atoms with Crippen LogP contribution in [-0.2, 0) is 15.8 Å². The maximum Gasteiger partial charge on any atom is 1.00 e. The number of hydrogen-bond acceptors (Lipinski definition) is 4. The van der Waals surface area contributed by atoms with Gasteiger partial charge in [-0.2, -0.15) is 0 Å². The second-order valence-corrected chi connectivity index (χ2v) is 4.54. The van der Waals surface area contributed by atoms with Gasteiger partial charge in [0.1, 0.15) is 11.8 Å². The van der Waals surface area contributed by atoms with Crippen molar-refractivity contribution in [2.75, 3.05) is 0 Å². The van der Waals surface area contributed by atoms with E-state index in [4.69, 9.17) is 20.6 Å². The van der Waals surface area contributed by atoms with Gasteiger partial charge in [-0.1, -0.05) is 12.1 Å². The molecule has 0 aromatic heterocycles. The summed E-state index contributed by atoms with van der Waals surface area (Å²) in [5, 5.41) is 8.60. The average Bonchev–Trinajstić information content (AvgIpc) is 2.18. The van der Waals surface area contributed by atoms with E-state index in [0.29, 0.717) is 5.56 Å². The molecule has 0 saturated carbocycles. The summed E-state index contributed by atoms with van der Waals surface area (Å²) < 4.78 is 14.9. The molecule has 0 aliphatic rings. The van der Waals surface area contributed by atoms with Gasteiger partial charge in [-0.15, -0.1) is 0 Å². The smallest absolute Gasteiger partial charge is 1.00 e. The first kappa shape index (κ1) is 17.6. The summed E-state index contributed by atoms with van der Waals surface area (Å²) in [4.78, 5) is 27.6. The Labute approximate surface area is 127 Å². The van der Waals surface area contributed by atoms with Gasteiger partial charge in [-0.25, -0.2) is 4.57 Å². The second-order valence-electron chi connectivity index (χ2n) is 3.37. The molecule has 0 unspecified atom stereocenters. The zero-order valence-electron chi connectivity index (χ0n) is 10.7. The number of aliphatic carboxylic acids is 1. The molecule has 96 valence electrons. The minimum atomic E-state index is -4.56. The Balaban J connectivity index is 0. The molecule has 18 heavy (non-hydrogen) atoms. The van der Waals surface area contributed by atoms with Crippen LogP contribution in [0.1, 0.15) is 6.99 Å². The van der Waals surface area contributed by atoms with Crippen LogP contribution in [0.4, 0.5) is 0 Å². The number of carboxylic acid groups (broad SMARTS) is 1. The molecule has 0 bridgehead atoms. The van der Waals surface area contributed by atoms with E-state index in [-0.39, 0.29) is 43.2 Å². The van der Waals surface area contributed by atoms with Crippen LogP contribution in [0.5, 0.6) is 5.75 Å². The molecule has 0 amide bonds. The molecular formula is C9H13NNaO6P. The number of rotatable bonds is 5. The summed E-state index contributed by atoms with van der Waals surface area (Å²) in [6.45, 7) is 0. The maximum atomic E-state index is 10.5. The van der Waals surface area contributed by atoms with Crippen molar-refractivity contribution in [3.05, 3.63) is 29.8 Å². The molecule has 0 spiro atoms. The molecule has 0 saturated heterocycles. The van der Waals surface area contributed by atoms with Gasteiger partial charge >= 0.3 is 43.3 Å². The van der Waals surface area contributed by atoms with Gasteiger partial charge < -0.3 is 16.8 Å². The van der Waals surface area contributed by atoms with E-state index in [1.807, 2.05) is 0 Å². The predicted molar refractivity (Wildman–Crippen MR) is 59.5 cm³/mol. The van der Waals surface area contributed by atoms with Crippen LogP contribution in [0, 0.1) is 0 Å². The SMILES string of the molecule is N[C@@H](Cc1ccc(OP(=O)(O)O)cc1)C(=O)O.[H-].[Na+]. The van der Waals surface area contributed by atoms with Gasteiger partial charge in [-0.3, -0.25) is 14.6 Å². The Morgan fingerprint density at radius 3 is 2.28 bits per heavy atom. The van der Waals surface area contributed by atoms with Gasteiger partial charge in [0.25, 0.3) is 0 Å². The van der Waals surface area contributed by atoms with Crippen molar-refractivity contribution >= 4 is 13.8 Å². The van der Waals surface area contributed by atoms with Crippen LogP contribution in [0.15, 0.2) is 24.3 Å². The Kier molecular flexibility index (Phi) is 7.09. The normalized spacial score (nSPS) is 12.4. The number of carboxylic acids is 1. The molecule has 0 aliphatic heterocycles. The van der Waals surface area contributed by atoms with Gasteiger partial charge in [0, 0.05) is 0 Å². The average molecular weight is 285 g/mol. The monoisotopic (exact) mass is 285 g/mol. The first-order valence-electron chi connectivity index (χ1n) is 4.60. The molecule has 1 aromatic rings. The van der Waals surface area contributed by atoms with E-state index >= 15 is 0 Å². The number of phosphoric acid groups is 1. The standard InChI is InChI=1S/C9H12NO6P.Na.H/c10-8(9(11)12)5-6-1-3-7(4-2-6)16-17(13,14)15;;/h1-4,8H,5,10H2,(H,11,12)(H2,13,14,15);;/q;+1;-1/t8-;;/m0../s1. The largest absolute Gasteiger partial charge is 1.00 e. The van der Waals surface area contributed by atoms with Crippen molar-refractivity contribution in [2.24, 2.45) is 5.73 Å². The number of carbonyl (C=O) groups is 1. The van der Waals surface area contributed by atoms with E-state index < -0.39 is 19.8 Å². The molecular weight excluding hydrogens is 272 g/mol. The van der Waals surface area contributed by atoms with Crippen LogP contribution in [0.2, 0.25) is 0 Å². The molecule has 0 aliphatic carbocycles. The molecule has 0 fully saturated rings. The fourth-order valence-electron chi connectivity index (χ4n) is 1.16. The maximum absolute atomic E-state index is 10.5. The van der Waals surface area contributed by atoms with E-state index in [1.54, 1.807) is 0 Å². The van der Waals surface area contributed by atoms with Crippen molar-refractivity contribution in [3.8, 4) is 5.75 Å². The fraction of sp³-hybridized carbons (Fsp3) is 0.222. The van der Waals surface area contributed by atoms with Gasteiger partial charge in [-0.05, 0) is 24.1 Å². The number of benzene rings is 1. The minimum absolute atomic E-state index is 0. The summed E-state index contributed by atoms with van der Waals surface area (Å²) in [6, 6.07) is 4.65. The Morgan fingerprint density at radius 2 is 1.89 bits per heavy atom. The second kappa shape index (κ2) is 7.25. The topological polar surface area (TPSA) is 130 Å². The quantitative estimate of drug-likeness (QED) is 0.340. The van der Waals surface area contributed by atoms with E-state index in [9.17, 15) is 9.36 Å². The predicted octanol–water partition coefficient (Wildman–Crippen LogP) is -2.77. The van der Waals surface area contributed by atoms with E-state index in [2.05, 4.69) is 4.52 Å². The van der Waals surface area contributed by atoms with E-state index in [0.717, 1.165) is 0 Å². The zero-order valence-corrected chi connectivity index (χ0v) is 12.6. The number of nitrogens with two attached hydrogens (primary N) is 1. The summed E-state index contributed by atoms with van der Waals surface area (Å²) >= 11 is 0. The molecule has 0 radical (unpaired) electrons. The van der Waals surface area contributed by atoms with Crippen LogP contribution in [-0.4, -0.2) is 26.9 Å². The first-order valence-corrected chi connectivity index (χ1v) is 6.13. The Bertz CT molecular complexity index is 451. The number of phosphoric ester groups is 1. The molecule has 7 nitrogen and oxygen atoms in total. The molecule has 1 rings (SSSR count). The molecule has 1 aromatic carbocycles. The van der Waals surface area contributed by atoms with Crippen LogP contribution < -0.4 is 39.8 Å². The van der Waals surface area contributed by atoms with Crippen molar-refractivity contribution in [1.82, 2.24) is 0 Å². The minimum Gasteiger partial charge on any atom is -1.00 e. The third-order valence-corrected chi connectivity index (χ3v) is 2.37. The summed E-state index contributed by atoms with van der Waals surface area (Å²) in [5.41, 5.74) is 5.97. The molecule has 9 heteroatoms. The van der Waals surface area contributed by atoms with Crippen molar-refractivity contribution < 1.29 is 59.8 Å². The van der Waals surface area contributed by atoms with Crippen molar-refractivity contribution in [3.63, 3.8) is 0 Å². The van der Waals surface area contributed by atoms with Gasteiger partial charge in [0.2, 0.25) is 0 Å². The third kappa shape index (κ3) is 6.51. The van der Waals surface area contributed by atoms with Crippen LogP contribution in [0.3, 0.4) is 0 Å². The molecule has 0 heterocycles.